The zero-order valence-corrected chi connectivity index (χ0v) is 32.3. The zero-order valence-electron chi connectivity index (χ0n) is 31.4. The fourth-order valence-electron chi connectivity index (χ4n) is 5.35. The number of aliphatic hydroxyl groups excluding tert-OH is 1. The molecule has 0 radical (unpaired) electrons. The number of aliphatic hydroxyl groups is 1. The van der Waals surface area contributed by atoms with Crippen LogP contribution in [-0.2, 0) is 27.9 Å². The van der Waals surface area contributed by atoms with Gasteiger partial charge >= 0.3 is 13.8 Å². The van der Waals surface area contributed by atoms with Crippen molar-refractivity contribution in [2.75, 3.05) is 26.4 Å². The standard InChI is InChI=1S/C39H74NO8P/c1-3-5-7-9-10-11-12-13-14-15-16-17-18-19-20-21-22-23-24-25-26-28-30-32-39(43)46-35-37(41)36-48-49(44,45)47-34-33-40-38(42)31-29-27-8-6-4-2/h10-11,13-14,37,41H,3-9,12,15-36H2,1-2H3,(H,40,42)(H,44,45)/b11-10-,14-13-. The van der Waals surface area contributed by atoms with E-state index < -0.39 is 26.5 Å². The Kier molecular flexibility index (Phi) is 35.2. The zero-order chi connectivity index (χ0) is 36.1. The van der Waals surface area contributed by atoms with E-state index >= 15 is 0 Å². The summed E-state index contributed by atoms with van der Waals surface area (Å²) < 4.78 is 26.6. The van der Waals surface area contributed by atoms with Crippen LogP contribution in [0.3, 0.4) is 0 Å². The van der Waals surface area contributed by atoms with Crippen molar-refractivity contribution >= 4 is 19.7 Å². The molecule has 0 heterocycles. The molecule has 3 N–H and O–H groups in total. The molecule has 49 heavy (non-hydrogen) atoms. The van der Waals surface area contributed by atoms with Crippen LogP contribution in [0.25, 0.3) is 0 Å². The molecule has 0 aliphatic carbocycles. The topological polar surface area (TPSA) is 131 Å². The molecule has 0 fully saturated rings. The third-order valence-corrected chi connectivity index (χ3v) is 9.37. The molecule has 0 aromatic heterocycles. The van der Waals surface area contributed by atoms with Crippen LogP contribution in [0.2, 0.25) is 0 Å². The van der Waals surface area contributed by atoms with Crippen LogP contribution in [0, 0.1) is 0 Å². The molecule has 0 rings (SSSR count). The second-order valence-corrected chi connectivity index (χ2v) is 14.7. The number of hydrogen-bond acceptors (Lipinski definition) is 7. The van der Waals surface area contributed by atoms with Crippen molar-refractivity contribution in [3.8, 4) is 0 Å². The van der Waals surface area contributed by atoms with Gasteiger partial charge in [-0.3, -0.25) is 18.6 Å². The van der Waals surface area contributed by atoms with Gasteiger partial charge in [0.05, 0.1) is 13.2 Å². The molecule has 0 spiro atoms. The Morgan fingerprint density at radius 1 is 0.633 bits per heavy atom. The van der Waals surface area contributed by atoms with E-state index in [-0.39, 0.29) is 32.1 Å². The van der Waals surface area contributed by atoms with Gasteiger partial charge in [-0.05, 0) is 44.9 Å². The molecule has 0 aliphatic rings. The SMILES string of the molecule is CCCCC/C=C\C/C=C\CCCCCCCCCCCCCCCC(=O)OCC(O)COP(=O)(O)OCCNC(=O)CCCCCCC. The van der Waals surface area contributed by atoms with Crippen molar-refractivity contribution in [3.63, 3.8) is 0 Å². The maximum absolute atomic E-state index is 12.0. The maximum Gasteiger partial charge on any atom is 0.472 e. The summed E-state index contributed by atoms with van der Waals surface area (Å²) in [6.07, 6.45) is 37.3. The van der Waals surface area contributed by atoms with E-state index in [1.165, 1.54) is 96.3 Å². The number of phosphoric ester groups is 1. The maximum atomic E-state index is 12.0. The van der Waals surface area contributed by atoms with Crippen LogP contribution < -0.4 is 5.32 Å². The van der Waals surface area contributed by atoms with Gasteiger partial charge in [0.15, 0.2) is 0 Å². The first-order chi connectivity index (χ1) is 23.8. The molecule has 0 aliphatic heterocycles. The lowest BCUT2D eigenvalue weighted by Crippen LogP contribution is -2.27. The van der Waals surface area contributed by atoms with E-state index in [1.807, 2.05) is 0 Å². The van der Waals surface area contributed by atoms with Crippen LogP contribution >= 0.6 is 7.82 Å². The summed E-state index contributed by atoms with van der Waals surface area (Å²) in [4.78, 5) is 33.5. The highest BCUT2D eigenvalue weighted by atomic mass is 31.2. The summed E-state index contributed by atoms with van der Waals surface area (Å²) in [5, 5.41) is 12.6. The smallest absolute Gasteiger partial charge is 0.463 e. The van der Waals surface area contributed by atoms with E-state index in [0.29, 0.717) is 6.42 Å². The number of esters is 1. The third kappa shape index (κ3) is 37.6. The molecule has 0 aromatic carbocycles. The Morgan fingerprint density at radius 2 is 1.10 bits per heavy atom. The number of allylic oxidation sites excluding steroid dienone is 4. The first kappa shape index (κ1) is 47.5. The van der Waals surface area contributed by atoms with E-state index in [4.69, 9.17) is 13.8 Å². The second-order valence-electron chi connectivity index (χ2n) is 13.3. The average Bonchev–Trinajstić information content (AvgIpc) is 3.08. The van der Waals surface area contributed by atoms with Crippen molar-refractivity contribution in [1.82, 2.24) is 5.32 Å². The highest BCUT2D eigenvalue weighted by Crippen LogP contribution is 2.42. The van der Waals surface area contributed by atoms with E-state index in [9.17, 15) is 24.2 Å². The lowest BCUT2D eigenvalue weighted by Gasteiger charge is -2.15. The predicted molar refractivity (Wildman–Crippen MR) is 201 cm³/mol. The molecule has 2 atom stereocenters. The summed E-state index contributed by atoms with van der Waals surface area (Å²) in [5.74, 6) is -0.527. The number of rotatable bonds is 37. The van der Waals surface area contributed by atoms with Gasteiger partial charge in [-0.2, -0.15) is 0 Å². The summed E-state index contributed by atoms with van der Waals surface area (Å²) in [6, 6.07) is 0. The molecule has 0 saturated heterocycles. The summed E-state index contributed by atoms with van der Waals surface area (Å²) in [5.41, 5.74) is 0. The van der Waals surface area contributed by atoms with Crippen LogP contribution in [0.1, 0.15) is 181 Å². The summed E-state index contributed by atoms with van der Waals surface area (Å²) in [6.45, 7) is 3.43. The van der Waals surface area contributed by atoms with Gasteiger partial charge in [0.2, 0.25) is 5.91 Å². The highest BCUT2D eigenvalue weighted by Gasteiger charge is 2.23. The minimum atomic E-state index is -4.40. The lowest BCUT2D eigenvalue weighted by molar-refractivity contribution is -0.147. The third-order valence-electron chi connectivity index (χ3n) is 8.38. The van der Waals surface area contributed by atoms with Gasteiger partial charge in [0.1, 0.15) is 12.7 Å². The van der Waals surface area contributed by atoms with Gasteiger partial charge in [-0.1, -0.05) is 147 Å². The number of amides is 1. The largest absolute Gasteiger partial charge is 0.472 e. The first-order valence-electron chi connectivity index (χ1n) is 19.8. The van der Waals surface area contributed by atoms with E-state index in [1.54, 1.807) is 0 Å². The Labute approximate surface area is 300 Å². The van der Waals surface area contributed by atoms with Crippen LogP contribution in [0.5, 0.6) is 0 Å². The highest BCUT2D eigenvalue weighted by molar-refractivity contribution is 7.47. The lowest BCUT2D eigenvalue weighted by atomic mass is 10.0. The van der Waals surface area contributed by atoms with Crippen molar-refractivity contribution < 1.29 is 37.9 Å². The molecule has 288 valence electrons. The van der Waals surface area contributed by atoms with Gasteiger partial charge < -0.3 is 20.1 Å². The summed E-state index contributed by atoms with van der Waals surface area (Å²) >= 11 is 0. The molecule has 9 nitrogen and oxygen atoms in total. The molecule has 0 aromatic rings. The van der Waals surface area contributed by atoms with Gasteiger partial charge in [0.25, 0.3) is 0 Å². The molecular weight excluding hydrogens is 641 g/mol. The number of carbonyl (C=O) groups excluding carboxylic acids is 2. The Bertz CT molecular complexity index is 866. The average molecular weight is 716 g/mol. The molecular formula is C39H74NO8P. The molecule has 0 saturated carbocycles. The van der Waals surface area contributed by atoms with Crippen molar-refractivity contribution in [3.05, 3.63) is 24.3 Å². The summed E-state index contributed by atoms with van der Waals surface area (Å²) in [7, 11) is -4.40. The first-order valence-corrected chi connectivity index (χ1v) is 21.3. The van der Waals surface area contributed by atoms with E-state index in [2.05, 4.69) is 43.5 Å². The number of ether oxygens (including phenoxy) is 1. The molecule has 1 amide bonds. The Hall–Kier alpha value is -1.51. The fourth-order valence-corrected chi connectivity index (χ4v) is 6.11. The van der Waals surface area contributed by atoms with E-state index in [0.717, 1.165) is 57.8 Å². The normalized spacial score (nSPS) is 13.6. The van der Waals surface area contributed by atoms with Gasteiger partial charge in [-0.25, -0.2) is 4.57 Å². The number of hydrogen-bond donors (Lipinski definition) is 3. The Morgan fingerprint density at radius 3 is 1.67 bits per heavy atom. The van der Waals surface area contributed by atoms with Crippen LogP contribution in [-0.4, -0.2) is 54.3 Å². The number of carbonyl (C=O) groups is 2. The monoisotopic (exact) mass is 716 g/mol. The quantitative estimate of drug-likeness (QED) is 0.0251. The number of nitrogens with one attached hydrogen (secondary N) is 1. The van der Waals surface area contributed by atoms with Crippen molar-refractivity contribution in [2.45, 2.75) is 187 Å². The second kappa shape index (κ2) is 36.3. The van der Waals surface area contributed by atoms with Crippen LogP contribution in [0.15, 0.2) is 24.3 Å². The minimum absolute atomic E-state index is 0.0822. The molecule has 10 heteroatoms. The van der Waals surface area contributed by atoms with Crippen LogP contribution in [0.4, 0.5) is 0 Å². The van der Waals surface area contributed by atoms with Gasteiger partial charge in [0, 0.05) is 19.4 Å². The number of unbranched alkanes of at least 4 members (excludes halogenated alkanes) is 20. The molecule has 0 bridgehead atoms. The minimum Gasteiger partial charge on any atom is -0.463 e. The Balaban J connectivity index is 3.52. The predicted octanol–water partition coefficient (Wildman–Crippen LogP) is 10.4. The fraction of sp³-hybridized carbons (Fsp3) is 0.846. The van der Waals surface area contributed by atoms with Crippen molar-refractivity contribution in [1.29, 1.82) is 0 Å². The molecule has 2 unspecified atom stereocenters. The number of phosphoric acid groups is 1. The van der Waals surface area contributed by atoms with Crippen molar-refractivity contribution in [2.24, 2.45) is 0 Å². The van der Waals surface area contributed by atoms with Gasteiger partial charge in [-0.15, -0.1) is 0 Å².